The van der Waals surface area contributed by atoms with Gasteiger partial charge in [0.25, 0.3) is 5.56 Å². The van der Waals surface area contributed by atoms with Gasteiger partial charge < -0.3 is 78.3 Å². The topological polar surface area (TPSA) is 328 Å². The van der Waals surface area contributed by atoms with Crippen LogP contribution in [0.3, 0.4) is 0 Å². The molecule has 0 unspecified atom stereocenters. The number of carbonyl (C=O) groups is 5. The van der Waals surface area contributed by atoms with E-state index in [1.807, 2.05) is 0 Å². The lowest BCUT2D eigenvalue weighted by Gasteiger charge is -2.31. The molecule has 0 saturated carbocycles. The highest BCUT2D eigenvalue weighted by Crippen LogP contribution is 2.46. The van der Waals surface area contributed by atoms with Gasteiger partial charge in [-0.1, -0.05) is 20.8 Å². The van der Waals surface area contributed by atoms with Crippen molar-refractivity contribution in [2.75, 3.05) is 130 Å². The molecule has 3 aliphatic heterocycles. The number of halogens is 2. The normalized spacial score (nSPS) is 15.7. The van der Waals surface area contributed by atoms with Crippen LogP contribution in [0.5, 0.6) is 5.75 Å². The molecular formula is C59H75F2N7O19S2. The number of pyridine rings is 2. The minimum atomic E-state index is -3.53. The molecule has 486 valence electrons. The highest BCUT2D eigenvalue weighted by Gasteiger charge is 2.46. The molecule has 0 fully saturated rings. The number of cyclic esters (lactones) is 1. The number of nitrogens with one attached hydrogen (secondary N) is 4. The van der Waals surface area contributed by atoms with Gasteiger partial charge in [0.05, 0.1) is 158 Å². The maximum absolute atomic E-state index is 16.1. The van der Waals surface area contributed by atoms with Crippen molar-refractivity contribution < 1.29 is 93.6 Å². The van der Waals surface area contributed by atoms with E-state index in [-0.39, 0.29) is 121 Å². The largest absolute Gasteiger partial charge is 0.490 e. The lowest BCUT2D eigenvalue weighted by molar-refractivity contribution is -0.172. The summed E-state index contributed by atoms with van der Waals surface area (Å²) < 4.78 is 111. The molecule has 0 spiro atoms. The molecule has 26 nitrogen and oxygen atoms in total. The van der Waals surface area contributed by atoms with Gasteiger partial charge in [-0.25, -0.2) is 32.0 Å². The van der Waals surface area contributed by atoms with Crippen molar-refractivity contribution in [3.8, 4) is 17.1 Å². The first-order chi connectivity index (χ1) is 42.7. The fraction of sp³-hybridized carbons (Fsp3) is 0.559. The van der Waals surface area contributed by atoms with Gasteiger partial charge in [-0.05, 0) is 42.5 Å². The summed E-state index contributed by atoms with van der Waals surface area (Å²) in [5.74, 6) is -4.91. The number of aromatic nitrogens is 3. The molecule has 4 amide bonds. The maximum Gasteiger partial charge on any atom is 0.343 e. The number of hydrogen-bond donors (Lipinski definition) is 5. The van der Waals surface area contributed by atoms with Crippen LogP contribution in [-0.4, -0.2) is 195 Å². The van der Waals surface area contributed by atoms with Gasteiger partial charge in [0.15, 0.2) is 17.2 Å². The molecule has 30 heteroatoms. The Labute approximate surface area is 515 Å². The van der Waals surface area contributed by atoms with E-state index < -0.39 is 74.3 Å². The van der Waals surface area contributed by atoms with Crippen LogP contribution in [0, 0.1) is 17.6 Å². The Morgan fingerprint density at radius 2 is 1.31 bits per heavy atom. The standard InChI is InChI=1S/C59H75F2N7O19S2/c1-6-59(75)40-29-45-51-38(32-68(45)56(73)39(40)33-87-57(59)74)37-7-11-86-53-49(37)44(64-51)31-42(61)52(53)67-54(71)35(4)63-55(72)50(34(2)3)66-47(69)8-10-78-13-15-80-17-19-82-21-23-84-25-26-85-24-22-83-20-18-81-16-14-79-12-9-62-48(70)28-36-27-46-43(30-41(36)60)65-58(88-46)89(5,76)77/h27,29-31,34-35,50,75H,6-26,28,32-33H2,1-5H3,(H,62,70)(H,63,72)(H,66,69)(H,67,71)/t35-,50-,59-/m0/s1. The molecule has 3 aromatic heterocycles. The number of benzene rings is 2. The lowest BCUT2D eigenvalue weighted by atomic mass is 9.86. The summed E-state index contributed by atoms with van der Waals surface area (Å²) in [4.78, 5) is 87.4. The number of anilines is 1. The van der Waals surface area contributed by atoms with E-state index in [1.54, 1.807) is 26.8 Å². The first-order valence-corrected chi connectivity index (χ1v) is 32.0. The highest BCUT2D eigenvalue weighted by atomic mass is 32.2. The van der Waals surface area contributed by atoms with E-state index >= 15 is 4.39 Å². The Balaban J connectivity index is 0.609. The van der Waals surface area contributed by atoms with Crippen molar-refractivity contribution in [3.63, 3.8) is 0 Å². The van der Waals surface area contributed by atoms with Crippen LogP contribution in [0.25, 0.3) is 32.5 Å². The van der Waals surface area contributed by atoms with E-state index in [2.05, 4.69) is 26.3 Å². The fourth-order valence-corrected chi connectivity index (χ4v) is 11.9. The molecular weight excluding hydrogens is 1210 g/mol. The van der Waals surface area contributed by atoms with Crippen molar-refractivity contribution in [2.45, 2.75) is 88.6 Å². The minimum Gasteiger partial charge on any atom is -0.490 e. The molecule has 0 radical (unpaired) electrons. The quantitative estimate of drug-likeness (QED) is 0.0277. The third-order valence-electron chi connectivity index (χ3n) is 14.7. The van der Waals surface area contributed by atoms with Crippen LogP contribution in [0.1, 0.15) is 68.4 Å². The molecule has 5 aromatic rings. The molecule has 3 aliphatic rings. The number of sulfone groups is 1. The Bertz CT molecular complexity index is 3550. The van der Waals surface area contributed by atoms with Gasteiger partial charge in [0, 0.05) is 54.3 Å². The molecule has 6 heterocycles. The average molecular weight is 1290 g/mol. The lowest BCUT2D eigenvalue weighted by Crippen LogP contribution is -2.53. The van der Waals surface area contributed by atoms with Gasteiger partial charge in [0.1, 0.15) is 30.2 Å². The molecule has 2 aromatic carbocycles. The van der Waals surface area contributed by atoms with Crippen LogP contribution in [0.15, 0.2) is 33.4 Å². The molecule has 8 rings (SSSR count). The molecule has 5 N–H and O–H groups in total. The number of hydrogen-bond acceptors (Lipinski definition) is 22. The maximum atomic E-state index is 16.1. The van der Waals surface area contributed by atoms with Crippen LogP contribution < -0.4 is 31.6 Å². The summed E-state index contributed by atoms with van der Waals surface area (Å²) in [5, 5.41) is 22.3. The molecule has 0 saturated heterocycles. The second kappa shape index (κ2) is 31.8. The monoisotopic (exact) mass is 1290 g/mol. The number of carbonyl (C=O) groups excluding carboxylic acids is 5. The molecule has 0 aliphatic carbocycles. The summed E-state index contributed by atoms with van der Waals surface area (Å²) in [6.45, 7) is 11.7. The second-order valence-corrected chi connectivity index (χ2v) is 24.6. The van der Waals surface area contributed by atoms with Gasteiger partial charge in [-0.2, -0.15) is 0 Å². The van der Waals surface area contributed by atoms with Crippen molar-refractivity contribution >= 4 is 77.6 Å². The van der Waals surface area contributed by atoms with Crippen LogP contribution in [0.4, 0.5) is 14.5 Å². The first kappa shape index (κ1) is 68.2. The van der Waals surface area contributed by atoms with Crippen molar-refractivity contribution in [2.24, 2.45) is 5.92 Å². The van der Waals surface area contributed by atoms with Crippen LogP contribution in [-0.2, 0) is 108 Å². The average Bonchev–Trinajstić information content (AvgIpc) is 1.66. The Morgan fingerprint density at radius 1 is 0.730 bits per heavy atom. The summed E-state index contributed by atoms with van der Waals surface area (Å²) in [7, 11) is -3.53. The van der Waals surface area contributed by atoms with E-state index in [1.165, 1.54) is 17.6 Å². The molecule has 89 heavy (non-hydrogen) atoms. The number of esters is 1. The van der Waals surface area contributed by atoms with E-state index in [0.717, 1.165) is 35.3 Å². The predicted octanol–water partition coefficient (Wildman–Crippen LogP) is 2.77. The number of thiazole rings is 1. The van der Waals surface area contributed by atoms with E-state index in [4.69, 9.17) is 52.4 Å². The third kappa shape index (κ3) is 17.4. The summed E-state index contributed by atoms with van der Waals surface area (Å²) in [5.41, 5.74) is 0.366. The third-order valence-corrected chi connectivity index (χ3v) is 17.4. The number of ether oxygens (including phenoxy) is 10. The van der Waals surface area contributed by atoms with Gasteiger partial charge in [-0.15, -0.1) is 11.3 Å². The first-order valence-electron chi connectivity index (χ1n) is 29.3. The number of fused-ring (bicyclic) bond motifs is 6. The van der Waals surface area contributed by atoms with Gasteiger partial charge in [0.2, 0.25) is 37.8 Å². The second-order valence-electron chi connectivity index (χ2n) is 21.4. The number of aliphatic hydroxyl groups is 1. The SMILES string of the molecule is CC[C@@]1(O)C(=O)OCc2c1cc1n(c2=O)Cc2c-1nc1cc(F)c(NC(=O)[C@H](C)NC(=O)[C@@H](NC(=O)CCOCCOCCOCCOCCOCCOCCOCCOCCNC(=O)Cc3cc4sc(S(C)(=O)=O)nc4cc3F)C(C)C)c3c1c2CCO3. The fourth-order valence-electron chi connectivity index (χ4n) is 10.0. The smallest absolute Gasteiger partial charge is 0.343 e. The van der Waals surface area contributed by atoms with Gasteiger partial charge >= 0.3 is 5.97 Å². The van der Waals surface area contributed by atoms with Crippen LogP contribution >= 0.6 is 11.3 Å². The predicted molar refractivity (Wildman–Crippen MR) is 317 cm³/mol. The number of amides is 4. The van der Waals surface area contributed by atoms with E-state index in [0.29, 0.717) is 113 Å². The molecule has 0 bridgehead atoms. The Hall–Kier alpha value is -6.71. The summed E-state index contributed by atoms with van der Waals surface area (Å²) in [6, 6.07) is 3.12. The molecule has 3 atom stereocenters. The number of nitrogens with zero attached hydrogens (tertiary/aromatic N) is 3. The zero-order valence-electron chi connectivity index (χ0n) is 50.2. The van der Waals surface area contributed by atoms with Crippen molar-refractivity contribution in [1.29, 1.82) is 0 Å². The minimum absolute atomic E-state index is 0.0254. The van der Waals surface area contributed by atoms with Gasteiger partial charge in [-0.3, -0.25) is 24.0 Å². The summed E-state index contributed by atoms with van der Waals surface area (Å²) >= 11 is 0.924. The highest BCUT2D eigenvalue weighted by molar-refractivity contribution is 7.92. The summed E-state index contributed by atoms with van der Waals surface area (Å²) in [6.07, 6.45) is 1.12. The Kier molecular flexibility index (Phi) is 24.4. The number of rotatable bonds is 37. The zero-order chi connectivity index (χ0) is 63.8. The van der Waals surface area contributed by atoms with Crippen LogP contribution in [0.2, 0.25) is 0 Å². The van der Waals surface area contributed by atoms with E-state index in [9.17, 15) is 46.7 Å². The van der Waals surface area contributed by atoms with Crippen molar-refractivity contribution in [1.82, 2.24) is 30.5 Å². The van der Waals surface area contributed by atoms with Crippen molar-refractivity contribution in [3.05, 3.63) is 74.1 Å². The Morgan fingerprint density at radius 3 is 1.90 bits per heavy atom. The zero-order valence-corrected chi connectivity index (χ0v) is 51.9.